The largest absolute Gasteiger partial charge is 0.355 e. The highest BCUT2D eigenvalue weighted by molar-refractivity contribution is 8.01. The normalized spacial score (nSPS) is 22.0. The van der Waals surface area contributed by atoms with Crippen LogP contribution in [0.25, 0.3) is 0 Å². The van der Waals surface area contributed by atoms with E-state index in [1.165, 1.54) is 18.7 Å². The zero-order valence-electron chi connectivity index (χ0n) is 12.8. The highest BCUT2D eigenvalue weighted by atomic mass is 32.2. The van der Waals surface area contributed by atoms with Crippen molar-refractivity contribution < 1.29 is 18.4 Å². The predicted molar refractivity (Wildman–Crippen MR) is 81.6 cm³/mol. The van der Waals surface area contributed by atoms with Gasteiger partial charge in [-0.15, -0.1) is 0 Å². The highest BCUT2D eigenvalue weighted by Gasteiger charge is 2.51. The fourth-order valence-electron chi connectivity index (χ4n) is 2.26. The lowest BCUT2D eigenvalue weighted by Gasteiger charge is -2.30. The van der Waals surface area contributed by atoms with Gasteiger partial charge in [-0.2, -0.15) is 0 Å². The molecule has 6 nitrogen and oxygen atoms in total. The van der Waals surface area contributed by atoms with E-state index in [0.29, 0.717) is 5.16 Å². The number of rotatable bonds is 6. The first-order valence-corrected chi connectivity index (χ1v) is 9.40. The third-order valence-corrected chi connectivity index (χ3v) is 7.06. The maximum Gasteiger partial charge on any atom is 0.355 e. The van der Waals surface area contributed by atoms with E-state index < -0.39 is 18.6 Å². The van der Waals surface area contributed by atoms with Crippen molar-refractivity contribution in [2.75, 3.05) is 0 Å². The Labute approximate surface area is 129 Å². The molecule has 0 bridgehead atoms. The predicted octanol–water partition coefficient (Wildman–Crippen LogP) is 3.49. The number of hydrogen-bond donors (Lipinski definition) is 0. The van der Waals surface area contributed by atoms with E-state index in [2.05, 4.69) is 4.98 Å². The van der Waals surface area contributed by atoms with E-state index >= 15 is 0 Å². The van der Waals surface area contributed by atoms with E-state index in [1.54, 1.807) is 44.7 Å². The van der Waals surface area contributed by atoms with Crippen molar-refractivity contribution in [2.24, 2.45) is 0 Å². The molecule has 1 aliphatic heterocycles. The Hall–Kier alpha value is -0.620. The van der Waals surface area contributed by atoms with E-state index in [9.17, 15) is 9.36 Å². The summed E-state index contributed by atoms with van der Waals surface area (Å²) < 4.78 is 26.4. The molecule has 21 heavy (non-hydrogen) atoms. The second-order valence-corrected chi connectivity index (χ2v) is 8.67. The molecule has 0 N–H and O–H groups in total. The Morgan fingerprint density at radius 3 is 2.38 bits per heavy atom. The molecular formula is C13H21N2O4PS. The molecule has 0 amide bonds. The van der Waals surface area contributed by atoms with Crippen molar-refractivity contribution in [3.8, 4) is 0 Å². The number of aromatic nitrogens is 2. The average Bonchev–Trinajstić information content (AvgIpc) is 2.83. The van der Waals surface area contributed by atoms with Crippen LogP contribution in [-0.2, 0) is 18.4 Å². The Morgan fingerprint density at radius 2 is 1.90 bits per heavy atom. The van der Waals surface area contributed by atoms with Gasteiger partial charge >= 0.3 is 7.60 Å². The molecule has 0 radical (unpaired) electrons. The van der Waals surface area contributed by atoms with E-state index in [0.717, 1.165) is 0 Å². The van der Waals surface area contributed by atoms with Gasteiger partial charge in [0.1, 0.15) is 11.0 Å². The number of carbonyl (C=O) groups excluding carboxylic acids is 1. The van der Waals surface area contributed by atoms with Gasteiger partial charge in [0, 0.05) is 12.4 Å². The van der Waals surface area contributed by atoms with Crippen molar-refractivity contribution in [1.29, 1.82) is 0 Å². The average molecular weight is 332 g/mol. The molecule has 2 atom stereocenters. The molecule has 1 aromatic heterocycles. The molecule has 0 saturated carbocycles. The van der Waals surface area contributed by atoms with Crippen molar-refractivity contribution in [2.45, 2.75) is 63.0 Å². The first kappa shape index (κ1) is 16.7. The number of imidazole rings is 1. The van der Waals surface area contributed by atoms with Crippen LogP contribution >= 0.6 is 19.4 Å². The minimum Gasteiger partial charge on any atom is -0.309 e. The summed E-state index contributed by atoms with van der Waals surface area (Å²) in [6, 6.07) is 0. The Kier molecular flexibility index (Phi) is 4.98. The molecule has 0 unspecified atom stereocenters. The van der Waals surface area contributed by atoms with Gasteiger partial charge in [0.05, 0.1) is 12.2 Å². The monoisotopic (exact) mass is 332 g/mol. The fourth-order valence-corrected chi connectivity index (χ4v) is 6.54. The van der Waals surface area contributed by atoms with Gasteiger partial charge < -0.3 is 13.6 Å². The standard InChI is InChI=1S/C13H21N2O4PS/c1-8(2)18-20(17,19-9(3)4)12-11(10(5)16)21-13-14-6-7-15(12)13/h6-9,11-12H,1-5H3/t11-,12+/m0/s1. The topological polar surface area (TPSA) is 70.4 Å². The summed E-state index contributed by atoms with van der Waals surface area (Å²) in [6.45, 7) is 8.70. The minimum atomic E-state index is -3.51. The SMILES string of the molecule is CC(=O)[C@@H]1Sc2nccn2[C@@H]1P(=O)(OC(C)C)OC(C)C. The number of hydrogen-bond acceptors (Lipinski definition) is 6. The van der Waals surface area contributed by atoms with Crippen LogP contribution in [0.2, 0.25) is 0 Å². The molecule has 118 valence electrons. The van der Waals surface area contributed by atoms with Crippen molar-refractivity contribution in [3.05, 3.63) is 12.4 Å². The molecule has 0 aliphatic carbocycles. The summed E-state index contributed by atoms with van der Waals surface area (Å²) in [5.74, 6) is -0.724. The molecule has 2 heterocycles. The van der Waals surface area contributed by atoms with Crippen LogP contribution in [0.3, 0.4) is 0 Å². The summed E-state index contributed by atoms with van der Waals surface area (Å²) in [5, 5.41) is 0.164. The van der Waals surface area contributed by atoms with E-state index in [1.807, 2.05) is 0 Å². The Balaban J connectivity index is 2.45. The molecule has 0 spiro atoms. The lowest BCUT2D eigenvalue weighted by atomic mass is 10.3. The van der Waals surface area contributed by atoms with Gasteiger partial charge in [0.15, 0.2) is 10.9 Å². The van der Waals surface area contributed by atoms with Crippen LogP contribution in [0, 0.1) is 0 Å². The lowest BCUT2D eigenvalue weighted by Crippen LogP contribution is -2.26. The molecule has 2 rings (SSSR count). The zero-order valence-corrected chi connectivity index (χ0v) is 14.6. The van der Waals surface area contributed by atoms with Crippen LogP contribution in [-0.4, -0.2) is 32.8 Å². The molecule has 0 fully saturated rings. The number of Topliss-reactive ketones (excluding diaryl/α,β-unsaturated/α-hetero) is 1. The molecule has 0 saturated heterocycles. The first-order chi connectivity index (χ1) is 9.74. The van der Waals surface area contributed by atoms with Crippen LogP contribution < -0.4 is 0 Å². The second-order valence-electron chi connectivity index (χ2n) is 5.53. The van der Waals surface area contributed by atoms with Gasteiger partial charge in [0.2, 0.25) is 0 Å². The highest BCUT2D eigenvalue weighted by Crippen LogP contribution is 2.66. The lowest BCUT2D eigenvalue weighted by molar-refractivity contribution is -0.116. The third kappa shape index (κ3) is 3.42. The number of ketones is 1. The van der Waals surface area contributed by atoms with Gasteiger partial charge in [-0.05, 0) is 34.6 Å². The summed E-state index contributed by atoms with van der Waals surface area (Å²) in [7, 11) is -3.51. The molecule has 1 aliphatic rings. The third-order valence-electron chi connectivity index (χ3n) is 2.86. The molecular weight excluding hydrogens is 311 g/mol. The number of thioether (sulfide) groups is 1. The first-order valence-electron chi connectivity index (χ1n) is 6.91. The Bertz CT molecular complexity index is 558. The Morgan fingerprint density at radius 1 is 1.33 bits per heavy atom. The van der Waals surface area contributed by atoms with Gasteiger partial charge in [-0.3, -0.25) is 9.36 Å². The van der Waals surface area contributed by atoms with Crippen molar-refractivity contribution >= 4 is 25.1 Å². The second kappa shape index (κ2) is 6.24. The van der Waals surface area contributed by atoms with Crippen LogP contribution in [0.4, 0.5) is 0 Å². The quantitative estimate of drug-likeness (QED) is 0.743. The van der Waals surface area contributed by atoms with Gasteiger partial charge in [-0.1, -0.05) is 11.8 Å². The van der Waals surface area contributed by atoms with Gasteiger partial charge in [0.25, 0.3) is 0 Å². The smallest absolute Gasteiger partial charge is 0.309 e. The number of nitrogens with zero attached hydrogens (tertiary/aromatic N) is 2. The maximum atomic E-state index is 13.4. The zero-order chi connectivity index (χ0) is 15.8. The van der Waals surface area contributed by atoms with E-state index in [4.69, 9.17) is 9.05 Å². The molecule has 1 aromatic rings. The van der Waals surface area contributed by atoms with Gasteiger partial charge in [-0.25, -0.2) is 4.98 Å². The summed E-state index contributed by atoms with van der Waals surface area (Å²) in [4.78, 5) is 16.1. The maximum absolute atomic E-state index is 13.4. The molecule has 8 heteroatoms. The number of fused-ring (bicyclic) bond motifs is 1. The van der Waals surface area contributed by atoms with Crippen LogP contribution in [0.1, 0.15) is 40.4 Å². The summed E-state index contributed by atoms with van der Waals surface area (Å²) in [6.07, 6.45) is 2.82. The summed E-state index contributed by atoms with van der Waals surface area (Å²) in [5.41, 5.74) is 0. The fraction of sp³-hybridized carbons (Fsp3) is 0.692. The minimum absolute atomic E-state index is 0.0598. The van der Waals surface area contributed by atoms with Crippen molar-refractivity contribution in [3.63, 3.8) is 0 Å². The van der Waals surface area contributed by atoms with Crippen LogP contribution in [0.5, 0.6) is 0 Å². The number of carbonyl (C=O) groups is 1. The van der Waals surface area contributed by atoms with Crippen molar-refractivity contribution in [1.82, 2.24) is 9.55 Å². The van der Waals surface area contributed by atoms with Crippen LogP contribution in [0.15, 0.2) is 17.6 Å². The summed E-state index contributed by atoms with van der Waals surface area (Å²) >= 11 is 1.31. The van der Waals surface area contributed by atoms with E-state index in [-0.39, 0.29) is 18.0 Å². The molecule has 0 aromatic carbocycles.